The highest BCUT2D eigenvalue weighted by Crippen LogP contribution is 2.24. The Morgan fingerprint density at radius 1 is 1.00 bits per heavy atom. The van der Waals surface area contributed by atoms with Gasteiger partial charge < -0.3 is 4.74 Å². The number of methoxy groups -OCH3 is 1. The summed E-state index contributed by atoms with van der Waals surface area (Å²) in [6.07, 6.45) is 0.335. The Balaban J connectivity index is 2.05. The number of carbonyl (C=O) groups excluding carboxylic acids is 1. The predicted octanol–water partition coefficient (Wildman–Crippen LogP) is 3.69. The maximum atomic E-state index is 11.4. The summed E-state index contributed by atoms with van der Waals surface area (Å²) in [5, 5.41) is 0. The topological polar surface area (TPSA) is 26.3 Å². The molecule has 0 heterocycles. The van der Waals surface area contributed by atoms with E-state index in [0.29, 0.717) is 6.42 Å². The minimum Gasteiger partial charge on any atom is -0.469 e. The summed E-state index contributed by atoms with van der Waals surface area (Å²) in [5.74, 6) is 0.661. The quantitative estimate of drug-likeness (QED) is 0.613. The number of hydrogen-bond acceptors (Lipinski definition) is 3. The van der Waals surface area contributed by atoms with E-state index in [9.17, 15) is 4.79 Å². The first-order valence-corrected chi connectivity index (χ1v) is 7.09. The lowest BCUT2D eigenvalue weighted by atomic mass is 10.1. The summed E-state index contributed by atoms with van der Waals surface area (Å²) in [6.45, 7) is 0. The second-order valence-corrected chi connectivity index (χ2v) is 5.17. The zero-order chi connectivity index (χ0) is 13.5. The predicted molar refractivity (Wildman–Crippen MR) is 78.2 cm³/mol. The third-order valence-electron chi connectivity index (χ3n) is 2.82. The molecular weight excluding hydrogens is 256 g/mol. The van der Waals surface area contributed by atoms with E-state index in [1.54, 1.807) is 11.8 Å². The van der Waals surface area contributed by atoms with E-state index in [0.717, 1.165) is 11.3 Å². The molecule has 0 unspecified atom stereocenters. The van der Waals surface area contributed by atoms with Crippen molar-refractivity contribution in [3.05, 3.63) is 65.7 Å². The van der Waals surface area contributed by atoms with Crippen molar-refractivity contribution in [3.63, 3.8) is 0 Å². The molecule has 0 saturated carbocycles. The number of hydrogen-bond donors (Lipinski definition) is 0. The number of thioether (sulfide) groups is 1. The average molecular weight is 272 g/mol. The number of esters is 1. The van der Waals surface area contributed by atoms with Gasteiger partial charge >= 0.3 is 5.97 Å². The molecule has 0 spiro atoms. The van der Waals surface area contributed by atoms with Gasteiger partial charge in [-0.3, -0.25) is 4.79 Å². The molecule has 0 aliphatic rings. The highest BCUT2D eigenvalue weighted by Gasteiger charge is 2.07. The van der Waals surface area contributed by atoms with Gasteiger partial charge in [-0.25, -0.2) is 0 Å². The van der Waals surface area contributed by atoms with E-state index >= 15 is 0 Å². The first-order valence-electron chi connectivity index (χ1n) is 6.11. The molecule has 2 aromatic rings. The van der Waals surface area contributed by atoms with Crippen molar-refractivity contribution in [1.82, 2.24) is 0 Å². The second-order valence-electron chi connectivity index (χ2n) is 4.12. The lowest BCUT2D eigenvalue weighted by molar-refractivity contribution is -0.139. The van der Waals surface area contributed by atoms with Crippen molar-refractivity contribution < 1.29 is 9.53 Å². The van der Waals surface area contributed by atoms with Crippen LogP contribution in [0, 0.1) is 0 Å². The largest absolute Gasteiger partial charge is 0.469 e. The van der Waals surface area contributed by atoms with E-state index in [2.05, 4.69) is 18.2 Å². The molecule has 2 nitrogen and oxygen atoms in total. The zero-order valence-electron chi connectivity index (χ0n) is 10.8. The second kappa shape index (κ2) is 7.00. The van der Waals surface area contributed by atoms with E-state index in [1.165, 1.54) is 17.6 Å². The van der Waals surface area contributed by atoms with Crippen molar-refractivity contribution in [3.8, 4) is 0 Å². The molecule has 3 heteroatoms. The summed E-state index contributed by atoms with van der Waals surface area (Å²) in [5.41, 5.74) is 2.22. The van der Waals surface area contributed by atoms with Crippen LogP contribution in [0.5, 0.6) is 0 Å². The summed E-state index contributed by atoms with van der Waals surface area (Å²) in [7, 11) is 1.42. The Kier molecular flexibility index (Phi) is 5.04. The molecule has 0 saturated heterocycles. The van der Waals surface area contributed by atoms with Crippen molar-refractivity contribution >= 4 is 17.7 Å². The molecule has 0 aliphatic carbocycles. The Morgan fingerprint density at radius 3 is 2.32 bits per heavy atom. The van der Waals surface area contributed by atoms with Crippen LogP contribution in [-0.2, 0) is 21.7 Å². The fourth-order valence-electron chi connectivity index (χ4n) is 1.78. The fourth-order valence-corrected chi connectivity index (χ4v) is 2.73. The molecule has 19 heavy (non-hydrogen) atoms. The molecule has 0 fully saturated rings. The van der Waals surface area contributed by atoms with Crippen LogP contribution >= 0.6 is 11.8 Å². The van der Waals surface area contributed by atoms with Gasteiger partial charge in [-0.05, 0) is 23.3 Å². The average Bonchev–Trinajstić information content (AvgIpc) is 2.47. The van der Waals surface area contributed by atoms with Gasteiger partial charge in [-0.15, -0.1) is 11.8 Å². The minimum atomic E-state index is -0.197. The molecule has 2 rings (SSSR count). The molecule has 0 radical (unpaired) electrons. The van der Waals surface area contributed by atoms with Gasteiger partial charge in [0.05, 0.1) is 13.5 Å². The van der Waals surface area contributed by atoms with Crippen LogP contribution < -0.4 is 0 Å². The lowest BCUT2D eigenvalue weighted by Crippen LogP contribution is -2.06. The standard InChI is InChI=1S/C16H16O2S/c1-18-16(17)11-13-7-5-6-8-14(13)12-19-15-9-3-2-4-10-15/h2-10H,11-12H2,1H3. The summed E-state index contributed by atoms with van der Waals surface area (Å²) < 4.78 is 4.73. The number of ether oxygens (including phenoxy) is 1. The fraction of sp³-hybridized carbons (Fsp3) is 0.188. The molecule has 0 aliphatic heterocycles. The summed E-state index contributed by atoms with van der Waals surface area (Å²) in [6, 6.07) is 18.3. The van der Waals surface area contributed by atoms with Crippen molar-refractivity contribution in [1.29, 1.82) is 0 Å². The third kappa shape index (κ3) is 4.14. The number of benzene rings is 2. The number of rotatable bonds is 5. The van der Waals surface area contributed by atoms with E-state index in [-0.39, 0.29) is 5.97 Å². The molecule has 0 N–H and O–H groups in total. The van der Waals surface area contributed by atoms with E-state index in [1.807, 2.05) is 36.4 Å². The monoisotopic (exact) mass is 272 g/mol. The maximum absolute atomic E-state index is 11.4. The molecule has 0 aromatic heterocycles. The van der Waals surface area contributed by atoms with Crippen LogP contribution in [0.4, 0.5) is 0 Å². The van der Waals surface area contributed by atoms with Crippen molar-refractivity contribution in [2.24, 2.45) is 0 Å². The van der Waals surface area contributed by atoms with Crippen LogP contribution in [0.3, 0.4) is 0 Å². The Hall–Kier alpha value is -1.74. The van der Waals surface area contributed by atoms with Crippen molar-refractivity contribution in [2.75, 3.05) is 7.11 Å². The maximum Gasteiger partial charge on any atom is 0.309 e. The van der Waals surface area contributed by atoms with Gasteiger partial charge in [0.2, 0.25) is 0 Å². The van der Waals surface area contributed by atoms with Gasteiger partial charge in [0.25, 0.3) is 0 Å². The zero-order valence-corrected chi connectivity index (χ0v) is 11.7. The smallest absolute Gasteiger partial charge is 0.309 e. The third-order valence-corrected chi connectivity index (χ3v) is 3.88. The van der Waals surface area contributed by atoms with Gasteiger partial charge in [-0.1, -0.05) is 42.5 Å². The Labute approximate surface area is 117 Å². The van der Waals surface area contributed by atoms with Gasteiger partial charge in [0.1, 0.15) is 0 Å². The molecule has 0 atom stereocenters. The van der Waals surface area contributed by atoms with Gasteiger partial charge in [0, 0.05) is 10.6 Å². The molecule has 2 aromatic carbocycles. The molecule has 0 bridgehead atoms. The summed E-state index contributed by atoms with van der Waals surface area (Å²) >= 11 is 1.77. The molecule has 98 valence electrons. The Morgan fingerprint density at radius 2 is 1.63 bits per heavy atom. The van der Waals surface area contributed by atoms with Crippen LogP contribution in [0.1, 0.15) is 11.1 Å². The van der Waals surface area contributed by atoms with E-state index in [4.69, 9.17) is 4.74 Å². The van der Waals surface area contributed by atoms with Crippen LogP contribution in [0.25, 0.3) is 0 Å². The summed E-state index contributed by atoms with van der Waals surface area (Å²) in [4.78, 5) is 12.6. The lowest BCUT2D eigenvalue weighted by Gasteiger charge is -2.08. The molecular formula is C16H16O2S. The van der Waals surface area contributed by atoms with Crippen LogP contribution in [-0.4, -0.2) is 13.1 Å². The highest BCUT2D eigenvalue weighted by atomic mass is 32.2. The first-order chi connectivity index (χ1) is 9.29. The van der Waals surface area contributed by atoms with Crippen molar-refractivity contribution in [2.45, 2.75) is 17.1 Å². The SMILES string of the molecule is COC(=O)Cc1ccccc1CSc1ccccc1. The van der Waals surface area contributed by atoms with Crippen LogP contribution in [0.15, 0.2) is 59.5 Å². The Bertz CT molecular complexity index is 537. The van der Waals surface area contributed by atoms with Crippen LogP contribution in [0.2, 0.25) is 0 Å². The van der Waals surface area contributed by atoms with E-state index < -0.39 is 0 Å². The van der Waals surface area contributed by atoms with Gasteiger partial charge in [-0.2, -0.15) is 0 Å². The number of carbonyl (C=O) groups is 1. The first kappa shape index (κ1) is 13.7. The van der Waals surface area contributed by atoms with Gasteiger partial charge in [0.15, 0.2) is 0 Å². The highest BCUT2D eigenvalue weighted by molar-refractivity contribution is 7.98. The normalized spacial score (nSPS) is 10.2. The minimum absolute atomic E-state index is 0.197. The molecule has 0 amide bonds.